The number of halogens is 1. The van der Waals surface area contributed by atoms with Crippen molar-refractivity contribution < 1.29 is 9.52 Å². The van der Waals surface area contributed by atoms with Crippen molar-refractivity contribution in [3.05, 3.63) is 56.8 Å². The van der Waals surface area contributed by atoms with E-state index < -0.39 is 6.10 Å². The minimum absolute atomic E-state index is 0.0904. The summed E-state index contributed by atoms with van der Waals surface area (Å²) >= 11 is 3.21. The van der Waals surface area contributed by atoms with E-state index in [1.807, 2.05) is 6.07 Å². The van der Waals surface area contributed by atoms with Crippen LogP contribution >= 0.6 is 15.9 Å². The van der Waals surface area contributed by atoms with Crippen molar-refractivity contribution in [3.63, 3.8) is 0 Å². The van der Waals surface area contributed by atoms with E-state index in [0.29, 0.717) is 16.0 Å². The number of aromatic nitrogens is 2. The Balaban J connectivity index is 2.14. The van der Waals surface area contributed by atoms with E-state index in [2.05, 4.69) is 15.9 Å². The van der Waals surface area contributed by atoms with Crippen LogP contribution in [0.5, 0.6) is 0 Å². The monoisotopic (exact) mass is 336 g/mol. The van der Waals surface area contributed by atoms with E-state index in [-0.39, 0.29) is 5.69 Å². The van der Waals surface area contributed by atoms with E-state index in [1.165, 1.54) is 0 Å². The maximum absolute atomic E-state index is 11.9. The van der Waals surface area contributed by atoms with Crippen LogP contribution in [0.25, 0.3) is 11.0 Å². The van der Waals surface area contributed by atoms with Gasteiger partial charge in [0.05, 0.1) is 11.0 Å². The lowest BCUT2D eigenvalue weighted by molar-refractivity contribution is 0.188. The first-order valence-corrected chi connectivity index (χ1v) is 6.87. The third-order valence-corrected chi connectivity index (χ3v) is 3.90. The van der Waals surface area contributed by atoms with Crippen molar-refractivity contribution >= 4 is 27.0 Å². The molecule has 0 saturated carbocycles. The third kappa shape index (κ3) is 1.92. The van der Waals surface area contributed by atoms with Crippen LogP contribution in [-0.4, -0.2) is 14.2 Å². The van der Waals surface area contributed by atoms with Crippen LogP contribution < -0.4 is 5.69 Å². The van der Waals surface area contributed by atoms with Crippen molar-refractivity contribution in [1.29, 1.82) is 0 Å². The summed E-state index contributed by atoms with van der Waals surface area (Å²) in [4.78, 5) is 11.9. The zero-order valence-electron chi connectivity index (χ0n) is 11.0. The van der Waals surface area contributed by atoms with E-state index in [0.717, 1.165) is 11.0 Å². The fourth-order valence-corrected chi connectivity index (χ4v) is 2.65. The summed E-state index contributed by atoms with van der Waals surface area (Å²) < 4.78 is 9.07. The maximum Gasteiger partial charge on any atom is 0.328 e. The standard InChI is InChI=1S/C14H13BrN2O3/c1-16-9-4-3-8(7-10(9)17(2)14(16)19)13(18)11-5-6-12(15)20-11/h3-7,13,18H,1-2H3. The highest BCUT2D eigenvalue weighted by Gasteiger charge is 2.16. The Bertz CT molecular complexity index is 844. The summed E-state index contributed by atoms with van der Waals surface area (Å²) in [6.07, 6.45) is -0.860. The lowest BCUT2D eigenvalue weighted by atomic mass is 10.1. The summed E-state index contributed by atoms with van der Waals surface area (Å²) in [5, 5.41) is 10.3. The van der Waals surface area contributed by atoms with Gasteiger partial charge in [0.2, 0.25) is 0 Å². The molecule has 0 radical (unpaired) electrons. The number of hydrogen-bond donors (Lipinski definition) is 1. The van der Waals surface area contributed by atoms with Gasteiger partial charge in [-0.25, -0.2) is 4.79 Å². The summed E-state index contributed by atoms with van der Waals surface area (Å²) in [5.74, 6) is 0.456. The molecule has 2 aromatic heterocycles. The molecule has 3 aromatic rings. The zero-order chi connectivity index (χ0) is 14.4. The minimum Gasteiger partial charge on any atom is -0.451 e. The zero-order valence-corrected chi connectivity index (χ0v) is 12.6. The molecule has 20 heavy (non-hydrogen) atoms. The van der Waals surface area contributed by atoms with Gasteiger partial charge in [-0.3, -0.25) is 9.13 Å². The Morgan fingerprint density at radius 1 is 1.15 bits per heavy atom. The third-order valence-electron chi connectivity index (χ3n) is 3.48. The van der Waals surface area contributed by atoms with Gasteiger partial charge >= 0.3 is 5.69 Å². The Kier molecular flexibility index (Phi) is 3.07. The van der Waals surface area contributed by atoms with Crippen molar-refractivity contribution in [2.75, 3.05) is 0 Å². The summed E-state index contributed by atoms with van der Waals surface area (Å²) in [6, 6.07) is 8.87. The van der Waals surface area contributed by atoms with Crippen LogP contribution in [0.15, 0.2) is 44.2 Å². The number of imidazole rings is 1. The molecule has 0 aliphatic rings. The molecule has 3 rings (SSSR count). The van der Waals surface area contributed by atoms with Crippen molar-refractivity contribution in [3.8, 4) is 0 Å². The SMILES string of the molecule is Cn1c(=O)n(C)c2cc(C(O)c3ccc(Br)o3)ccc21. The Hall–Kier alpha value is -1.79. The van der Waals surface area contributed by atoms with E-state index >= 15 is 0 Å². The minimum atomic E-state index is -0.860. The molecule has 0 aliphatic carbocycles. The van der Waals surface area contributed by atoms with Crippen molar-refractivity contribution in [2.45, 2.75) is 6.10 Å². The molecule has 1 unspecified atom stereocenters. The second kappa shape index (κ2) is 4.64. The van der Waals surface area contributed by atoms with Gasteiger partial charge in [-0.1, -0.05) is 6.07 Å². The number of hydrogen-bond acceptors (Lipinski definition) is 3. The highest BCUT2D eigenvalue weighted by Crippen LogP contribution is 2.27. The summed E-state index contributed by atoms with van der Waals surface area (Å²) in [5.41, 5.74) is 2.20. The first-order valence-electron chi connectivity index (χ1n) is 6.07. The van der Waals surface area contributed by atoms with Gasteiger partial charge in [0, 0.05) is 14.1 Å². The van der Waals surface area contributed by atoms with E-state index in [1.54, 1.807) is 47.5 Å². The molecule has 1 N–H and O–H groups in total. The topological polar surface area (TPSA) is 60.3 Å². The molecule has 5 nitrogen and oxygen atoms in total. The largest absolute Gasteiger partial charge is 0.451 e. The quantitative estimate of drug-likeness (QED) is 0.781. The van der Waals surface area contributed by atoms with E-state index in [4.69, 9.17) is 4.42 Å². The maximum atomic E-state index is 11.9. The molecule has 1 atom stereocenters. The number of nitrogens with zero attached hydrogens (tertiary/aromatic N) is 2. The molecular formula is C14H13BrN2O3. The van der Waals surface area contributed by atoms with Crippen LogP contribution in [0.1, 0.15) is 17.4 Å². The van der Waals surface area contributed by atoms with E-state index in [9.17, 15) is 9.90 Å². The van der Waals surface area contributed by atoms with Gasteiger partial charge in [0.25, 0.3) is 0 Å². The molecule has 6 heteroatoms. The van der Waals surface area contributed by atoms with Gasteiger partial charge in [-0.05, 0) is 45.8 Å². The van der Waals surface area contributed by atoms with Crippen LogP contribution in [0, 0.1) is 0 Å². The van der Waals surface area contributed by atoms with Crippen LogP contribution in [-0.2, 0) is 14.1 Å². The first-order chi connectivity index (χ1) is 9.49. The van der Waals surface area contributed by atoms with Gasteiger partial charge in [-0.15, -0.1) is 0 Å². The number of benzene rings is 1. The molecule has 1 aromatic carbocycles. The lowest BCUT2D eigenvalue weighted by Gasteiger charge is -2.08. The number of rotatable bonds is 2. The average Bonchev–Trinajstić information content (AvgIpc) is 2.97. The number of aliphatic hydroxyl groups is 1. The average molecular weight is 337 g/mol. The molecule has 0 bridgehead atoms. The molecule has 0 spiro atoms. The molecule has 0 amide bonds. The predicted molar refractivity (Wildman–Crippen MR) is 78.6 cm³/mol. The fraction of sp³-hybridized carbons (Fsp3) is 0.214. The normalized spacial score (nSPS) is 13.0. The molecule has 0 saturated heterocycles. The first kappa shape index (κ1) is 13.2. The fourth-order valence-electron chi connectivity index (χ4n) is 2.33. The molecule has 104 valence electrons. The lowest BCUT2D eigenvalue weighted by Crippen LogP contribution is -2.19. The van der Waals surface area contributed by atoms with Crippen LogP contribution in [0.2, 0.25) is 0 Å². The van der Waals surface area contributed by atoms with Gasteiger partial charge in [-0.2, -0.15) is 0 Å². The Morgan fingerprint density at radius 2 is 1.85 bits per heavy atom. The molecule has 0 fully saturated rings. The van der Waals surface area contributed by atoms with Gasteiger partial charge in [0.15, 0.2) is 4.67 Å². The van der Waals surface area contributed by atoms with Crippen molar-refractivity contribution in [2.24, 2.45) is 14.1 Å². The second-order valence-corrected chi connectivity index (χ2v) is 5.47. The highest BCUT2D eigenvalue weighted by molar-refractivity contribution is 9.10. The molecule has 2 heterocycles. The molecule has 0 aliphatic heterocycles. The number of aliphatic hydroxyl groups excluding tert-OH is 1. The number of aryl methyl sites for hydroxylation is 2. The Morgan fingerprint density at radius 3 is 2.50 bits per heavy atom. The smallest absolute Gasteiger partial charge is 0.328 e. The van der Waals surface area contributed by atoms with Gasteiger partial charge < -0.3 is 9.52 Å². The number of furan rings is 1. The summed E-state index contributed by atoms with van der Waals surface area (Å²) in [6.45, 7) is 0. The second-order valence-electron chi connectivity index (χ2n) is 4.69. The van der Waals surface area contributed by atoms with Gasteiger partial charge in [0.1, 0.15) is 11.9 Å². The van der Waals surface area contributed by atoms with Crippen LogP contribution in [0.4, 0.5) is 0 Å². The van der Waals surface area contributed by atoms with Crippen LogP contribution in [0.3, 0.4) is 0 Å². The molecular weight excluding hydrogens is 324 g/mol. The summed E-state index contributed by atoms with van der Waals surface area (Å²) in [7, 11) is 3.44. The highest BCUT2D eigenvalue weighted by atomic mass is 79.9. The predicted octanol–water partition coefficient (Wildman–Crippen LogP) is 2.31. The number of fused-ring (bicyclic) bond motifs is 1. The Labute approximate surface area is 123 Å². The van der Waals surface area contributed by atoms with Crippen molar-refractivity contribution in [1.82, 2.24) is 9.13 Å².